The van der Waals surface area contributed by atoms with Gasteiger partial charge in [-0.15, -0.1) is 0 Å². The van der Waals surface area contributed by atoms with Gasteiger partial charge in [-0.05, 0) is 67.9 Å². The van der Waals surface area contributed by atoms with Crippen molar-refractivity contribution in [2.45, 2.75) is 38.5 Å². The number of ketones is 1. The molecule has 2 atom stereocenters. The van der Waals surface area contributed by atoms with Crippen LogP contribution in [-0.2, 0) is 4.79 Å². The lowest BCUT2D eigenvalue weighted by Gasteiger charge is -2.58. The highest BCUT2D eigenvalue weighted by Crippen LogP contribution is 2.62. The summed E-state index contributed by atoms with van der Waals surface area (Å²) in [6.07, 6.45) is 5.34. The van der Waals surface area contributed by atoms with E-state index in [2.05, 4.69) is 5.16 Å². The number of hydrogen-bond acceptors (Lipinski definition) is 5. The third-order valence-corrected chi connectivity index (χ3v) is 7.58. The first-order chi connectivity index (χ1) is 14.0. The van der Waals surface area contributed by atoms with E-state index in [-0.39, 0.29) is 17.1 Å². The second-order valence-corrected chi connectivity index (χ2v) is 9.18. The maximum absolute atomic E-state index is 13.0. The first kappa shape index (κ1) is 18.4. The predicted octanol–water partition coefficient (Wildman–Crippen LogP) is 3.85. The Kier molecular flexibility index (Phi) is 4.26. The summed E-state index contributed by atoms with van der Waals surface area (Å²) in [6, 6.07) is 9.22. The Bertz CT molecular complexity index is 949. The number of primary amides is 1. The first-order valence-corrected chi connectivity index (χ1v) is 10.4. The van der Waals surface area contributed by atoms with E-state index in [0.717, 1.165) is 37.7 Å². The van der Waals surface area contributed by atoms with Crippen LogP contribution in [0.3, 0.4) is 0 Å². The van der Waals surface area contributed by atoms with Gasteiger partial charge < -0.3 is 15.0 Å². The van der Waals surface area contributed by atoms with Gasteiger partial charge in [0.05, 0.1) is 12.7 Å². The first-order valence-electron chi connectivity index (χ1n) is 10.4. The summed E-state index contributed by atoms with van der Waals surface area (Å²) in [7, 11) is 1.60. The molecule has 29 heavy (non-hydrogen) atoms. The lowest BCUT2D eigenvalue weighted by molar-refractivity contribution is -0.149. The van der Waals surface area contributed by atoms with Gasteiger partial charge in [0.25, 0.3) is 0 Å². The van der Waals surface area contributed by atoms with Gasteiger partial charge in [-0.25, -0.2) is 0 Å². The largest absolute Gasteiger partial charge is 0.496 e. The number of ether oxygens (including phenoxy) is 1. The number of carbonyl (C=O) groups excluding carboxylic acids is 2. The average molecular weight is 394 g/mol. The summed E-state index contributed by atoms with van der Waals surface area (Å²) >= 11 is 0. The molecule has 2 unspecified atom stereocenters. The van der Waals surface area contributed by atoms with Gasteiger partial charge in [0.1, 0.15) is 11.4 Å². The fourth-order valence-electron chi connectivity index (χ4n) is 6.46. The molecule has 2 N–H and O–H groups in total. The maximum atomic E-state index is 13.0. The number of methoxy groups -OCH3 is 1. The van der Waals surface area contributed by atoms with Crippen LogP contribution in [-0.4, -0.2) is 24.0 Å². The highest BCUT2D eigenvalue weighted by atomic mass is 16.5. The molecule has 1 aromatic carbocycles. The van der Waals surface area contributed by atoms with Crippen molar-refractivity contribution < 1.29 is 18.8 Å². The number of Topliss-reactive ketones (excluding diaryl/α,β-unsaturated/α-hetero) is 1. The minimum atomic E-state index is -0.318. The molecule has 1 amide bonds. The van der Waals surface area contributed by atoms with Crippen LogP contribution in [0.4, 0.5) is 0 Å². The van der Waals surface area contributed by atoms with E-state index in [1.54, 1.807) is 13.2 Å². The topological polar surface area (TPSA) is 95.4 Å². The Morgan fingerprint density at radius 1 is 1.21 bits per heavy atom. The Hall–Kier alpha value is -2.63. The molecule has 6 heteroatoms. The van der Waals surface area contributed by atoms with Crippen molar-refractivity contribution in [3.05, 3.63) is 36.0 Å². The van der Waals surface area contributed by atoms with Gasteiger partial charge in [-0.1, -0.05) is 17.3 Å². The lowest BCUT2D eigenvalue weighted by Crippen LogP contribution is -2.56. The highest BCUT2D eigenvalue weighted by molar-refractivity contribution is 5.95. The van der Waals surface area contributed by atoms with Crippen LogP contribution in [0.2, 0.25) is 0 Å². The molecule has 1 heterocycles. The van der Waals surface area contributed by atoms with Gasteiger partial charge in [0.15, 0.2) is 11.5 Å². The van der Waals surface area contributed by atoms with Crippen molar-refractivity contribution in [3.63, 3.8) is 0 Å². The van der Waals surface area contributed by atoms with Crippen molar-refractivity contribution in [1.29, 1.82) is 0 Å². The predicted molar refractivity (Wildman–Crippen MR) is 106 cm³/mol. The molecule has 1 aromatic heterocycles. The van der Waals surface area contributed by atoms with E-state index in [1.807, 2.05) is 24.3 Å². The molecule has 0 radical (unpaired) electrons. The zero-order valence-corrected chi connectivity index (χ0v) is 16.6. The van der Waals surface area contributed by atoms with Crippen molar-refractivity contribution in [2.24, 2.45) is 34.8 Å². The molecule has 0 spiro atoms. The number of amides is 1. The van der Waals surface area contributed by atoms with Crippen LogP contribution < -0.4 is 10.5 Å². The second-order valence-electron chi connectivity index (χ2n) is 9.18. The van der Waals surface area contributed by atoms with Crippen molar-refractivity contribution in [2.75, 3.05) is 7.11 Å². The van der Waals surface area contributed by atoms with Gasteiger partial charge in [-0.2, -0.15) is 0 Å². The second kappa shape index (κ2) is 6.71. The zero-order valence-electron chi connectivity index (χ0n) is 16.6. The number of benzene rings is 1. The molecule has 4 aliphatic carbocycles. The molecule has 4 aliphatic rings. The fraction of sp³-hybridized carbons (Fsp3) is 0.522. The summed E-state index contributed by atoms with van der Waals surface area (Å²) in [5.41, 5.74) is 6.60. The monoisotopic (exact) mass is 394 g/mol. The number of rotatable bonds is 6. The minimum Gasteiger partial charge on any atom is -0.496 e. The summed E-state index contributed by atoms with van der Waals surface area (Å²) < 4.78 is 10.8. The summed E-state index contributed by atoms with van der Waals surface area (Å²) in [5, 5.41) is 4.04. The van der Waals surface area contributed by atoms with E-state index < -0.39 is 0 Å². The molecule has 6 nitrogen and oxygen atoms in total. The van der Waals surface area contributed by atoms with Crippen LogP contribution in [0, 0.1) is 29.1 Å². The van der Waals surface area contributed by atoms with Crippen LogP contribution in [0.1, 0.15) is 49.0 Å². The van der Waals surface area contributed by atoms with Crippen LogP contribution >= 0.6 is 0 Å². The van der Waals surface area contributed by atoms with Crippen molar-refractivity contribution >= 4 is 11.7 Å². The highest BCUT2D eigenvalue weighted by Gasteiger charge is 2.57. The number of nitrogens with two attached hydrogens (primary N) is 1. The van der Waals surface area contributed by atoms with Gasteiger partial charge >= 0.3 is 0 Å². The van der Waals surface area contributed by atoms with E-state index >= 15 is 0 Å². The number of nitrogens with zero attached hydrogens (tertiary/aromatic N) is 1. The van der Waals surface area contributed by atoms with Crippen LogP contribution in [0.5, 0.6) is 5.75 Å². The smallest absolute Gasteiger partial charge is 0.223 e. The Balaban J connectivity index is 1.33. The average Bonchev–Trinajstić information content (AvgIpc) is 3.20. The standard InChI is InChI=1S/C23H26N2O4/c1-28-20-5-3-2-4-16(20)21-9-18(25-29-21)19(26)8-17-14-6-13-7-15(17)12-23(10-13,11-14)22(24)27/h2-5,9,13-15,17H,6-8,10-12H2,1H3,(H2,24,27). The van der Waals surface area contributed by atoms with E-state index in [1.165, 1.54) is 0 Å². The quantitative estimate of drug-likeness (QED) is 0.751. The van der Waals surface area contributed by atoms with E-state index in [4.69, 9.17) is 15.0 Å². The Morgan fingerprint density at radius 3 is 2.62 bits per heavy atom. The third kappa shape index (κ3) is 2.96. The van der Waals surface area contributed by atoms with Gasteiger partial charge in [0, 0.05) is 17.9 Å². The van der Waals surface area contributed by atoms with Gasteiger partial charge in [-0.3, -0.25) is 9.59 Å². The molecule has 4 fully saturated rings. The minimum absolute atomic E-state index is 0.0143. The fourth-order valence-corrected chi connectivity index (χ4v) is 6.46. The summed E-state index contributed by atoms with van der Waals surface area (Å²) in [4.78, 5) is 25.1. The Morgan fingerprint density at radius 2 is 1.93 bits per heavy atom. The molecule has 152 valence electrons. The van der Waals surface area contributed by atoms with Crippen molar-refractivity contribution in [3.8, 4) is 17.1 Å². The lowest BCUT2D eigenvalue weighted by atomic mass is 9.45. The number of carbonyl (C=O) groups is 2. The van der Waals surface area contributed by atoms with Crippen LogP contribution in [0.25, 0.3) is 11.3 Å². The number of hydrogen-bond donors (Lipinski definition) is 1. The molecule has 0 saturated heterocycles. The molecule has 6 rings (SSSR count). The number of para-hydroxylation sites is 1. The maximum Gasteiger partial charge on any atom is 0.223 e. The van der Waals surface area contributed by atoms with Gasteiger partial charge in [0.2, 0.25) is 5.91 Å². The third-order valence-electron chi connectivity index (χ3n) is 7.58. The summed E-state index contributed by atoms with van der Waals surface area (Å²) in [5.74, 6) is 2.83. The van der Waals surface area contributed by atoms with E-state index in [0.29, 0.717) is 47.3 Å². The molecular weight excluding hydrogens is 368 g/mol. The molecule has 4 bridgehead atoms. The zero-order chi connectivity index (χ0) is 20.2. The SMILES string of the molecule is COc1ccccc1-c1cc(C(=O)CC2C3CC4CC2CC(C(N)=O)(C4)C3)no1. The van der Waals surface area contributed by atoms with Crippen molar-refractivity contribution in [1.82, 2.24) is 5.16 Å². The molecule has 2 aromatic rings. The molecule has 0 aliphatic heterocycles. The molecule has 4 saturated carbocycles. The number of aromatic nitrogens is 1. The van der Waals surface area contributed by atoms with Crippen LogP contribution in [0.15, 0.2) is 34.9 Å². The molecular formula is C23H26N2O4. The van der Waals surface area contributed by atoms with E-state index in [9.17, 15) is 9.59 Å². The Labute approximate surface area is 169 Å². The normalized spacial score (nSPS) is 32.3. The summed E-state index contributed by atoms with van der Waals surface area (Å²) in [6.45, 7) is 0.